The van der Waals surface area contributed by atoms with Gasteiger partial charge in [-0.1, -0.05) is 48.5 Å². The minimum atomic E-state index is -1.83. The Kier molecular flexibility index (Phi) is 7.67. The third-order valence-electron chi connectivity index (χ3n) is 5.78. The molecule has 2 aromatic rings. The number of fused-ring (bicyclic) bond motifs is 3. The average Bonchev–Trinajstić information content (AvgIpc) is 3.14. The van der Waals surface area contributed by atoms with Gasteiger partial charge >= 0.3 is 12.1 Å². The highest BCUT2D eigenvalue weighted by molar-refractivity contribution is 5.89. The van der Waals surface area contributed by atoms with Crippen LogP contribution in [0.4, 0.5) is 4.79 Å². The molecule has 0 bridgehead atoms. The van der Waals surface area contributed by atoms with E-state index in [9.17, 15) is 19.5 Å². The van der Waals surface area contributed by atoms with E-state index in [1.165, 1.54) is 14.0 Å². The number of benzene rings is 2. The van der Waals surface area contributed by atoms with Crippen molar-refractivity contribution in [3.05, 3.63) is 59.7 Å². The van der Waals surface area contributed by atoms with E-state index in [0.29, 0.717) is 0 Å². The first-order valence-electron chi connectivity index (χ1n) is 10.6. The van der Waals surface area contributed by atoms with Gasteiger partial charge in [-0.3, -0.25) is 4.79 Å². The van der Waals surface area contributed by atoms with Crippen LogP contribution in [0.3, 0.4) is 0 Å². The summed E-state index contributed by atoms with van der Waals surface area (Å²) in [5, 5.41) is 23.3. The van der Waals surface area contributed by atoms with Crippen LogP contribution in [0.1, 0.15) is 30.4 Å². The fraction of sp³-hybridized carbons (Fsp3) is 0.375. The molecule has 0 saturated heterocycles. The van der Waals surface area contributed by atoms with Crippen molar-refractivity contribution in [2.24, 2.45) is 0 Å². The van der Waals surface area contributed by atoms with Crippen LogP contribution in [0.15, 0.2) is 48.5 Å². The van der Waals surface area contributed by atoms with Crippen molar-refractivity contribution >= 4 is 18.0 Å². The molecule has 1 aliphatic carbocycles. The number of amides is 2. The van der Waals surface area contributed by atoms with Crippen LogP contribution in [0, 0.1) is 0 Å². The molecule has 2 aromatic carbocycles. The number of aliphatic hydroxyl groups excluding tert-OH is 1. The zero-order valence-corrected chi connectivity index (χ0v) is 18.5. The number of hydrogen-bond donors (Lipinski definition) is 4. The molecule has 1 aliphatic rings. The number of rotatable bonds is 10. The molecule has 33 heavy (non-hydrogen) atoms. The molecule has 2 amide bonds. The number of carbonyl (C=O) groups is 3. The maximum atomic E-state index is 12.3. The van der Waals surface area contributed by atoms with Gasteiger partial charge in [-0.2, -0.15) is 0 Å². The largest absolute Gasteiger partial charge is 0.479 e. The predicted molar refractivity (Wildman–Crippen MR) is 120 cm³/mol. The molecule has 0 fully saturated rings. The van der Waals surface area contributed by atoms with Gasteiger partial charge in [0.15, 0.2) is 5.54 Å². The molecule has 9 nitrogen and oxygen atoms in total. The summed E-state index contributed by atoms with van der Waals surface area (Å²) in [5.41, 5.74) is 2.65. The fourth-order valence-electron chi connectivity index (χ4n) is 3.82. The number of carbonyl (C=O) groups excluding carboxylic acids is 2. The summed E-state index contributed by atoms with van der Waals surface area (Å²) in [6.45, 7) is 0.657. The number of methoxy groups -OCH3 is 1. The SMILES string of the molecule is COC(CCNC(=O)OCC1c2ccccc2-c2ccccc21)C(=O)NC(C)(CO)C(=O)O. The number of carboxylic acid groups (broad SMARTS) is 1. The van der Waals surface area contributed by atoms with Crippen LogP contribution in [-0.2, 0) is 19.1 Å². The normalized spacial score (nSPS) is 15.0. The minimum absolute atomic E-state index is 0.0622. The van der Waals surface area contributed by atoms with E-state index < -0.39 is 36.2 Å². The molecule has 0 saturated carbocycles. The van der Waals surface area contributed by atoms with Gasteiger partial charge in [-0.25, -0.2) is 9.59 Å². The first-order valence-corrected chi connectivity index (χ1v) is 10.6. The molecule has 2 unspecified atom stereocenters. The summed E-state index contributed by atoms with van der Waals surface area (Å²) in [6, 6.07) is 16.0. The van der Waals surface area contributed by atoms with E-state index in [-0.39, 0.29) is 25.5 Å². The van der Waals surface area contributed by atoms with Gasteiger partial charge in [0.05, 0.1) is 6.61 Å². The van der Waals surface area contributed by atoms with Crippen molar-refractivity contribution in [1.29, 1.82) is 0 Å². The Morgan fingerprint density at radius 2 is 1.64 bits per heavy atom. The van der Waals surface area contributed by atoms with E-state index in [1.807, 2.05) is 36.4 Å². The van der Waals surface area contributed by atoms with Crippen molar-refractivity contribution in [3.63, 3.8) is 0 Å². The van der Waals surface area contributed by atoms with Crippen LogP contribution in [0.25, 0.3) is 11.1 Å². The number of hydrogen-bond acceptors (Lipinski definition) is 6. The molecule has 3 rings (SSSR count). The Labute approximate surface area is 191 Å². The molecule has 0 aromatic heterocycles. The van der Waals surface area contributed by atoms with Crippen molar-refractivity contribution in [1.82, 2.24) is 10.6 Å². The lowest BCUT2D eigenvalue weighted by atomic mass is 9.98. The molecule has 2 atom stereocenters. The Balaban J connectivity index is 1.51. The zero-order valence-electron chi connectivity index (χ0n) is 18.5. The van der Waals surface area contributed by atoms with Gasteiger partial charge in [0, 0.05) is 26.0 Å². The highest BCUT2D eigenvalue weighted by Gasteiger charge is 2.36. The molecule has 0 radical (unpaired) electrons. The average molecular weight is 456 g/mol. The smallest absolute Gasteiger partial charge is 0.407 e. The summed E-state index contributed by atoms with van der Waals surface area (Å²) in [4.78, 5) is 35.8. The highest BCUT2D eigenvalue weighted by atomic mass is 16.5. The summed E-state index contributed by atoms with van der Waals surface area (Å²) in [7, 11) is 1.30. The van der Waals surface area contributed by atoms with E-state index >= 15 is 0 Å². The fourth-order valence-corrected chi connectivity index (χ4v) is 3.82. The first-order chi connectivity index (χ1) is 15.8. The Hall–Kier alpha value is -3.43. The highest BCUT2D eigenvalue weighted by Crippen LogP contribution is 2.44. The second-order valence-electron chi connectivity index (χ2n) is 8.05. The van der Waals surface area contributed by atoms with Gasteiger partial charge in [0.25, 0.3) is 0 Å². The van der Waals surface area contributed by atoms with Crippen LogP contribution in [0.2, 0.25) is 0 Å². The van der Waals surface area contributed by atoms with Gasteiger partial charge < -0.3 is 30.3 Å². The van der Waals surface area contributed by atoms with Crippen LogP contribution in [-0.4, -0.2) is 66.7 Å². The topological polar surface area (TPSA) is 134 Å². The Morgan fingerprint density at radius 3 is 2.15 bits per heavy atom. The predicted octanol–water partition coefficient (Wildman–Crippen LogP) is 1.88. The third-order valence-corrected chi connectivity index (χ3v) is 5.78. The number of aliphatic hydroxyl groups is 1. The van der Waals surface area contributed by atoms with Crippen molar-refractivity contribution < 1.29 is 34.1 Å². The summed E-state index contributed by atoms with van der Waals surface area (Å²) < 4.78 is 10.5. The Bertz CT molecular complexity index is 980. The molecule has 9 heteroatoms. The quantitative estimate of drug-likeness (QED) is 0.429. The van der Waals surface area contributed by atoms with Crippen LogP contribution in [0.5, 0.6) is 0 Å². The van der Waals surface area contributed by atoms with Crippen LogP contribution >= 0.6 is 0 Å². The molecule has 4 N–H and O–H groups in total. The lowest BCUT2D eigenvalue weighted by Gasteiger charge is -2.26. The molecule has 0 spiro atoms. The first kappa shape index (κ1) is 24.2. The van der Waals surface area contributed by atoms with Gasteiger partial charge in [0.2, 0.25) is 5.91 Å². The van der Waals surface area contributed by atoms with Crippen LogP contribution < -0.4 is 10.6 Å². The van der Waals surface area contributed by atoms with E-state index in [0.717, 1.165) is 22.3 Å². The monoisotopic (exact) mass is 456 g/mol. The lowest BCUT2D eigenvalue weighted by Crippen LogP contribution is -2.57. The second-order valence-corrected chi connectivity index (χ2v) is 8.05. The number of nitrogens with one attached hydrogen (secondary N) is 2. The summed E-state index contributed by atoms with van der Waals surface area (Å²) >= 11 is 0. The minimum Gasteiger partial charge on any atom is -0.479 e. The maximum absolute atomic E-state index is 12.3. The molecule has 0 heterocycles. The van der Waals surface area contributed by atoms with Crippen molar-refractivity contribution in [3.8, 4) is 11.1 Å². The summed E-state index contributed by atoms with van der Waals surface area (Å²) in [6.07, 6.45) is -1.55. The van der Waals surface area contributed by atoms with Crippen molar-refractivity contribution in [2.45, 2.75) is 30.9 Å². The molecule has 0 aliphatic heterocycles. The lowest BCUT2D eigenvalue weighted by molar-refractivity contribution is -0.150. The summed E-state index contributed by atoms with van der Waals surface area (Å²) in [5.74, 6) is -2.14. The van der Waals surface area contributed by atoms with E-state index in [1.54, 1.807) is 0 Å². The molecular weight excluding hydrogens is 428 g/mol. The number of aliphatic carboxylic acids is 1. The molecule has 176 valence electrons. The van der Waals surface area contributed by atoms with Gasteiger partial charge in [-0.05, 0) is 29.2 Å². The molecular formula is C24H28N2O7. The third kappa shape index (κ3) is 5.32. The van der Waals surface area contributed by atoms with Gasteiger partial charge in [-0.15, -0.1) is 0 Å². The maximum Gasteiger partial charge on any atom is 0.407 e. The Morgan fingerprint density at radius 1 is 1.06 bits per heavy atom. The van der Waals surface area contributed by atoms with Gasteiger partial charge in [0.1, 0.15) is 12.7 Å². The van der Waals surface area contributed by atoms with Crippen molar-refractivity contribution in [2.75, 3.05) is 26.9 Å². The number of carboxylic acids is 1. The number of alkyl carbamates (subject to hydrolysis) is 1. The standard InChI is InChI=1S/C24H28N2O7/c1-24(14-27,22(29)30)26-21(28)20(32-2)11-12-25-23(31)33-13-19-17-9-5-3-7-15(17)16-8-4-6-10-18(16)19/h3-10,19-20,27H,11-14H2,1-2H3,(H,25,31)(H,26,28)(H,29,30). The zero-order chi connectivity index (χ0) is 24.0. The number of ether oxygens (including phenoxy) is 2. The van der Waals surface area contributed by atoms with E-state index in [4.69, 9.17) is 14.6 Å². The van der Waals surface area contributed by atoms with E-state index in [2.05, 4.69) is 22.8 Å². The second kappa shape index (κ2) is 10.5.